The van der Waals surface area contributed by atoms with Gasteiger partial charge in [0.15, 0.2) is 11.5 Å². The molecule has 1 aromatic heterocycles. The molecule has 1 N–H and O–H groups in total. The van der Waals surface area contributed by atoms with Gasteiger partial charge in [0.1, 0.15) is 11.6 Å². The van der Waals surface area contributed by atoms with E-state index in [-0.39, 0.29) is 5.91 Å². The summed E-state index contributed by atoms with van der Waals surface area (Å²) in [4.78, 5) is 12.5. The van der Waals surface area contributed by atoms with E-state index >= 15 is 0 Å². The van der Waals surface area contributed by atoms with Gasteiger partial charge >= 0.3 is 0 Å². The Kier molecular flexibility index (Phi) is 6.71. The van der Waals surface area contributed by atoms with E-state index in [1.807, 2.05) is 6.92 Å². The topological polar surface area (TPSA) is 78.3 Å². The number of aryl methyl sites for hydroxylation is 1. The number of methoxy groups -OCH3 is 1. The summed E-state index contributed by atoms with van der Waals surface area (Å²) in [5, 5.41) is 11.6. The maximum Gasteiger partial charge on any atom is 0.251 e. The summed E-state index contributed by atoms with van der Waals surface area (Å²) >= 11 is 3.45. The van der Waals surface area contributed by atoms with Gasteiger partial charge in [-0.25, -0.2) is 0 Å². The average Bonchev–Trinajstić information content (AvgIpc) is 2.89. The van der Waals surface area contributed by atoms with Gasteiger partial charge in [0.2, 0.25) is 0 Å². The van der Waals surface area contributed by atoms with Gasteiger partial charge in [-0.1, -0.05) is 6.42 Å². The number of hydrogen-bond donors (Lipinski definition) is 1. The number of carbonyl (C=O) groups excluding carboxylic acids is 1. The highest BCUT2D eigenvalue weighted by Crippen LogP contribution is 2.36. The zero-order valence-corrected chi connectivity index (χ0v) is 17.3. The Hall–Kier alpha value is -2.09. The van der Waals surface area contributed by atoms with Crippen LogP contribution in [0.1, 0.15) is 48.2 Å². The predicted molar refractivity (Wildman–Crippen MR) is 105 cm³/mol. The molecule has 0 fully saturated rings. The molecule has 0 bridgehead atoms. The minimum Gasteiger partial charge on any atom is -0.493 e. The standard InChI is InChI=1S/C19H25BrN4O3/c1-3-27-18-14(20)11-13(12-15(18)26-2)19(25)21-9-8-17-23-22-16-7-5-4-6-10-24(16)17/h11-12H,3-10H2,1-2H3,(H,21,25). The van der Waals surface area contributed by atoms with Crippen LogP contribution in [0.25, 0.3) is 0 Å². The second-order valence-corrected chi connectivity index (χ2v) is 7.28. The van der Waals surface area contributed by atoms with Gasteiger partial charge in [-0.3, -0.25) is 4.79 Å². The van der Waals surface area contributed by atoms with Gasteiger partial charge in [-0.15, -0.1) is 10.2 Å². The number of hydrogen-bond acceptors (Lipinski definition) is 5. The first kappa shape index (κ1) is 19.7. The van der Waals surface area contributed by atoms with Crippen LogP contribution >= 0.6 is 15.9 Å². The SMILES string of the molecule is CCOc1c(Br)cc(C(=O)NCCc2nnc3n2CCCCC3)cc1OC. The van der Waals surface area contributed by atoms with Crippen molar-refractivity contribution in [2.45, 2.75) is 45.6 Å². The second kappa shape index (κ2) is 9.21. The molecule has 2 aromatic rings. The molecular formula is C19H25BrN4O3. The summed E-state index contributed by atoms with van der Waals surface area (Å²) in [7, 11) is 1.56. The largest absolute Gasteiger partial charge is 0.493 e. The Labute approximate surface area is 167 Å². The van der Waals surface area contributed by atoms with Crippen molar-refractivity contribution in [1.29, 1.82) is 0 Å². The van der Waals surface area contributed by atoms with Gasteiger partial charge in [0.05, 0.1) is 18.2 Å². The van der Waals surface area contributed by atoms with Crippen molar-refractivity contribution in [3.05, 3.63) is 33.8 Å². The molecule has 0 radical (unpaired) electrons. The number of carbonyl (C=O) groups is 1. The van der Waals surface area contributed by atoms with Crippen molar-refractivity contribution >= 4 is 21.8 Å². The van der Waals surface area contributed by atoms with E-state index in [2.05, 4.69) is 36.0 Å². The number of halogens is 1. The van der Waals surface area contributed by atoms with Gasteiger partial charge in [0, 0.05) is 31.5 Å². The lowest BCUT2D eigenvalue weighted by molar-refractivity contribution is 0.0953. The first-order valence-electron chi connectivity index (χ1n) is 9.33. The van der Waals surface area contributed by atoms with Crippen LogP contribution in [0, 0.1) is 0 Å². The van der Waals surface area contributed by atoms with E-state index in [9.17, 15) is 4.79 Å². The lowest BCUT2D eigenvalue weighted by atomic mass is 10.2. The third-order valence-electron chi connectivity index (χ3n) is 4.60. The smallest absolute Gasteiger partial charge is 0.251 e. The zero-order chi connectivity index (χ0) is 19.2. The fourth-order valence-corrected chi connectivity index (χ4v) is 3.81. The molecule has 1 aliphatic heterocycles. The van der Waals surface area contributed by atoms with Crippen LogP contribution in [0.5, 0.6) is 11.5 Å². The van der Waals surface area contributed by atoms with Crippen molar-refractivity contribution in [2.75, 3.05) is 20.3 Å². The van der Waals surface area contributed by atoms with Gasteiger partial charge in [-0.2, -0.15) is 0 Å². The third kappa shape index (κ3) is 4.61. The van der Waals surface area contributed by atoms with E-state index in [0.717, 1.165) is 31.0 Å². The molecule has 7 nitrogen and oxygen atoms in total. The molecule has 0 aliphatic carbocycles. The maximum absolute atomic E-state index is 12.5. The highest BCUT2D eigenvalue weighted by atomic mass is 79.9. The van der Waals surface area contributed by atoms with E-state index in [4.69, 9.17) is 9.47 Å². The van der Waals surface area contributed by atoms with Crippen LogP contribution in [0.2, 0.25) is 0 Å². The molecule has 146 valence electrons. The molecule has 0 spiro atoms. The van der Waals surface area contributed by atoms with Crippen LogP contribution in [-0.2, 0) is 19.4 Å². The molecule has 1 aliphatic rings. The number of aromatic nitrogens is 3. The fraction of sp³-hybridized carbons (Fsp3) is 0.526. The highest BCUT2D eigenvalue weighted by molar-refractivity contribution is 9.10. The Morgan fingerprint density at radius 2 is 2.15 bits per heavy atom. The molecule has 3 rings (SSSR count). The fourth-order valence-electron chi connectivity index (χ4n) is 3.26. The van der Waals surface area contributed by atoms with E-state index in [1.54, 1.807) is 19.2 Å². The lowest BCUT2D eigenvalue weighted by Gasteiger charge is -2.13. The number of fused-ring (bicyclic) bond motifs is 1. The van der Waals surface area contributed by atoms with Crippen LogP contribution in [-0.4, -0.2) is 40.9 Å². The Balaban J connectivity index is 1.63. The van der Waals surface area contributed by atoms with E-state index in [1.165, 1.54) is 12.8 Å². The quantitative estimate of drug-likeness (QED) is 0.720. The summed E-state index contributed by atoms with van der Waals surface area (Å²) in [5.74, 6) is 2.97. The first-order chi connectivity index (χ1) is 13.1. The van der Waals surface area contributed by atoms with Crippen molar-refractivity contribution in [3.8, 4) is 11.5 Å². The minimum atomic E-state index is -0.160. The minimum absolute atomic E-state index is 0.160. The zero-order valence-electron chi connectivity index (χ0n) is 15.8. The van der Waals surface area contributed by atoms with Gasteiger partial charge in [0.25, 0.3) is 5.91 Å². The Morgan fingerprint density at radius 1 is 1.30 bits per heavy atom. The monoisotopic (exact) mass is 436 g/mol. The van der Waals surface area contributed by atoms with Crippen molar-refractivity contribution in [1.82, 2.24) is 20.1 Å². The van der Waals surface area contributed by atoms with Crippen LogP contribution in [0.4, 0.5) is 0 Å². The number of nitrogens with one attached hydrogen (secondary N) is 1. The average molecular weight is 437 g/mol. The second-order valence-electron chi connectivity index (χ2n) is 6.42. The summed E-state index contributed by atoms with van der Waals surface area (Å²) in [5.41, 5.74) is 0.516. The molecule has 27 heavy (non-hydrogen) atoms. The number of amides is 1. The Morgan fingerprint density at radius 3 is 2.93 bits per heavy atom. The molecule has 0 saturated heterocycles. The van der Waals surface area contributed by atoms with E-state index in [0.29, 0.717) is 41.1 Å². The molecular weight excluding hydrogens is 412 g/mol. The number of benzene rings is 1. The van der Waals surface area contributed by atoms with Crippen molar-refractivity contribution in [2.24, 2.45) is 0 Å². The summed E-state index contributed by atoms with van der Waals surface area (Å²) in [6.07, 6.45) is 5.20. The van der Waals surface area contributed by atoms with E-state index < -0.39 is 0 Å². The number of ether oxygens (including phenoxy) is 2. The summed E-state index contributed by atoms with van der Waals surface area (Å²) in [6.45, 7) is 3.89. The highest BCUT2D eigenvalue weighted by Gasteiger charge is 2.17. The molecule has 1 aromatic carbocycles. The van der Waals surface area contributed by atoms with Crippen LogP contribution in [0.15, 0.2) is 16.6 Å². The first-order valence-corrected chi connectivity index (χ1v) is 10.1. The summed E-state index contributed by atoms with van der Waals surface area (Å²) < 4.78 is 13.8. The van der Waals surface area contributed by atoms with Crippen molar-refractivity contribution in [3.63, 3.8) is 0 Å². The van der Waals surface area contributed by atoms with Crippen LogP contribution < -0.4 is 14.8 Å². The molecule has 0 saturated carbocycles. The van der Waals surface area contributed by atoms with Crippen LogP contribution in [0.3, 0.4) is 0 Å². The molecule has 1 amide bonds. The molecule has 0 unspecified atom stereocenters. The molecule has 8 heteroatoms. The predicted octanol–water partition coefficient (Wildman–Crippen LogP) is 3.15. The third-order valence-corrected chi connectivity index (χ3v) is 5.19. The Bertz CT molecular complexity index is 806. The number of nitrogens with zero attached hydrogens (tertiary/aromatic N) is 3. The lowest BCUT2D eigenvalue weighted by Crippen LogP contribution is -2.26. The van der Waals surface area contributed by atoms with Gasteiger partial charge in [-0.05, 0) is 47.8 Å². The summed E-state index contributed by atoms with van der Waals surface area (Å²) in [6, 6.07) is 3.43. The molecule has 0 atom stereocenters. The normalized spacial score (nSPS) is 13.6. The van der Waals surface area contributed by atoms with Gasteiger partial charge < -0.3 is 19.4 Å². The molecule has 2 heterocycles. The number of rotatable bonds is 7. The van der Waals surface area contributed by atoms with Crippen molar-refractivity contribution < 1.29 is 14.3 Å². The maximum atomic E-state index is 12.5.